The van der Waals surface area contributed by atoms with Gasteiger partial charge in [0.25, 0.3) is 0 Å². The molecule has 1 saturated heterocycles. The van der Waals surface area contributed by atoms with Crippen LogP contribution in [-0.2, 0) is 0 Å². The van der Waals surface area contributed by atoms with Gasteiger partial charge < -0.3 is 10.2 Å². The minimum atomic E-state index is 0.447. The van der Waals surface area contributed by atoms with E-state index in [4.69, 9.17) is 5.26 Å². The number of nitrogens with zero attached hydrogens (tertiary/aromatic N) is 5. The highest BCUT2D eigenvalue weighted by Crippen LogP contribution is 2.28. The van der Waals surface area contributed by atoms with Crippen LogP contribution >= 0.6 is 0 Å². The van der Waals surface area contributed by atoms with Gasteiger partial charge in [-0.3, -0.25) is 4.90 Å². The molecule has 1 saturated carbocycles. The Hall–Kier alpha value is -2.23. The predicted octanol–water partition coefficient (Wildman–Crippen LogP) is 2.47. The quantitative estimate of drug-likeness (QED) is 0.917. The van der Waals surface area contributed by atoms with Crippen molar-refractivity contribution in [2.24, 2.45) is 0 Å². The number of nitriles is 1. The van der Waals surface area contributed by atoms with Crippen LogP contribution in [0.5, 0.6) is 0 Å². The van der Waals surface area contributed by atoms with Crippen LogP contribution in [0.15, 0.2) is 24.5 Å². The normalized spacial score (nSPS) is 25.1. The monoisotopic (exact) mass is 350 g/mol. The Bertz CT molecular complexity index is 798. The van der Waals surface area contributed by atoms with Crippen molar-refractivity contribution in [3.8, 4) is 6.07 Å². The number of nitrogens with one attached hydrogen (secondary N) is 1. The van der Waals surface area contributed by atoms with Crippen LogP contribution < -0.4 is 5.32 Å². The molecule has 2 aromatic rings. The van der Waals surface area contributed by atoms with Crippen LogP contribution in [-0.4, -0.2) is 65.1 Å². The molecule has 6 heteroatoms. The second-order valence-corrected chi connectivity index (χ2v) is 7.56. The molecule has 2 heterocycles. The van der Waals surface area contributed by atoms with E-state index in [0.29, 0.717) is 11.6 Å². The maximum atomic E-state index is 9.16. The molecule has 4 rings (SSSR count). The Kier molecular flexibility index (Phi) is 5.00. The summed E-state index contributed by atoms with van der Waals surface area (Å²) in [5.41, 5.74) is 1.53. The average molecular weight is 350 g/mol. The Morgan fingerprint density at radius 2 is 1.85 bits per heavy atom. The zero-order valence-electron chi connectivity index (χ0n) is 15.4. The number of fused-ring (bicyclic) bond motifs is 1. The van der Waals surface area contributed by atoms with Gasteiger partial charge in [-0.2, -0.15) is 5.26 Å². The number of hydrogen-bond acceptors (Lipinski definition) is 6. The van der Waals surface area contributed by atoms with E-state index in [-0.39, 0.29) is 0 Å². The molecular formula is C20H26N6. The molecule has 0 spiro atoms. The van der Waals surface area contributed by atoms with Crippen LogP contribution in [0.1, 0.15) is 31.2 Å². The van der Waals surface area contributed by atoms with Crippen molar-refractivity contribution in [3.63, 3.8) is 0 Å². The van der Waals surface area contributed by atoms with Crippen molar-refractivity contribution in [2.75, 3.05) is 38.5 Å². The summed E-state index contributed by atoms with van der Waals surface area (Å²) in [5, 5.41) is 13.7. The molecule has 6 nitrogen and oxygen atoms in total. The lowest BCUT2D eigenvalue weighted by Gasteiger charge is -2.41. The van der Waals surface area contributed by atoms with Crippen molar-refractivity contribution in [2.45, 2.75) is 37.8 Å². The van der Waals surface area contributed by atoms with E-state index in [1.165, 1.54) is 51.9 Å². The lowest BCUT2D eigenvalue weighted by Crippen LogP contribution is -2.50. The molecule has 136 valence electrons. The standard InChI is InChI=1S/C20H26N6/c1-25-8-10-26(11-9-25)17-5-3-16(4-6-17)24-20-18-12-15(13-21)2-7-19(18)22-14-23-20/h2,7,12,14,16-17H,3-6,8-11H2,1H3,(H,22,23,24). The largest absolute Gasteiger partial charge is 0.367 e. The topological polar surface area (TPSA) is 68.1 Å². The number of hydrogen-bond donors (Lipinski definition) is 1. The summed E-state index contributed by atoms with van der Waals surface area (Å²) in [6, 6.07) is 8.96. The number of likely N-dealkylation sites (N-methyl/N-ethyl adjacent to an activating group) is 1. The molecule has 0 radical (unpaired) electrons. The van der Waals surface area contributed by atoms with Crippen LogP contribution in [0.2, 0.25) is 0 Å². The first kappa shape index (κ1) is 17.2. The summed E-state index contributed by atoms with van der Waals surface area (Å²) in [7, 11) is 2.21. The highest BCUT2D eigenvalue weighted by Gasteiger charge is 2.27. The van der Waals surface area contributed by atoms with Gasteiger partial charge in [0.15, 0.2) is 0 Å². The smallest absolute Gasteiger partial charge is 0.137 e. The van der Waals surface area contributed by atoms with Crippen molar-refractivity contribution < 1.29 is 0 Å². The first-order valence-corrected chi connectivity index (χ1v) is 9.57. The van der Waals surface area contributed by atoms with Crippen LogP contribution in [0.25, 0.3) is 10.9 Å². The zero-order valence-corrected chi connectivity index (χ0v) is 15.4. The molecule has 1 aliphatic heterocycles. The van der Waals surface area contributed by atoms with Gasteiger partial charge in [-0.15, -0.1) is 0 Å². The van der Waals surface area contributed by atoms with E-state index < -0.39 is 0 Å². The fourth-order valence-electron chi connectivity index (χ4n) is 4.21. The molecule has 26 heavy (non-hydrogen) atoms. The molecule has 1 N–H and O–H groups in total. The third kappa shape index (κ3) is 3.64. The molecule has 0 atom stereocenters. The Morgan fingerprint density at radius 3 is 2.58 bits per heavy atom. The maximum Gasteiger partial charge on any atom is 0.137 e. The lowest BCUT2D eigenvalue weighted by atomic mass is 9.89. The Morgan fingerprint density at radius 1 is 1.08 bits per heavy atom. The number of rotatable bonds is 3. The number of piperazine rings is 1. The minimum absolute atomic E-state index is 0.447. The van der Waals surface area contributed by atoms with Crippen LogP contribution in [0.3, 0.4) is 0 Å². The van der Waals surface area contributed by atoms with Gasteiger partial charge in [0.05, 0.1) is 17.1 Å². The molecule has 0 unspecified atom stereocenters. The molecule has 2 fully saturated rings. The molecular weight excluding hydrogens is 324 g/mol. The predicted molar refractivity (Wildman–Crippen MR) is 103 cm³/mol. The fraction of sp³-hybridized carbons (Fsp3) is 0.550. The van der Waals surface area contributed by atoms with E-state index in [1.54, 1.807) is 12.4 Å². The third-order valence-electron chi connectivity index (χ3n) is 5.86. The van der Waals surface area contributed by atoms with Crippen molar-refractivity contribution in [3.05, 3.63) is 30.1 Å². The zero-order chi connectivity index (χ0) is 17.9. The molecule has 1 aliphatic carbocycles. The van der Waals surface area contributed by atoms with Crippen molar-refractivity contribution in [1.29, 1.82) is 5.26 Å². The first-order valence-electron chi connectivity index (χ1n) is 9.57. The third-order valence-corrected chi connectivity index (χ3v) is 5.86. The van der Waals surface area contributed by atoms with Gasteiger partial charge in [-0.05, 0) is 50.9 Å². The SMILES string of the molecule is CN1CCN(C2CCC(Nc3ncnc4ccc(C#N)cc34)CC2)CC1. The van der Waals surface area contributed by atoms with E-state index in [1.807, 2.05) is 12.1 Å². The van der Waals surface area contributed by atoms with Gasteiger partial charge in [0.2, 0.25) is 0 Å². The van der Waals surface area contributed by atoms with E-state index in [0.717, 1.165) is 22.8 Å². The summed E-state index contributed by atoms with van der Waals surface area (Å²) in [6.07, 6.45) is 6.43. The van der Waals surface area contributed by atoms with Crippen LogP contribution in [0, 0.1) is 11.3 Å². The molecule has 0 amide bonds. The summed E-state index contributed by atoms with van der Waals surface area (Å²) in [4.78, 5) is 13.9. The number of benzene rings is 1. The van der Waals surface area contributed by atoms with E-state index in [2.05, 4.69) is 38.2 Å². The molecule has 0 bridgehead atoms. The number of anilines is 1. The second-order valence-electron chi connectivity index (χ2n) is 7.56. The summed E-state index contributed by atoms with van der Waals surface area (Å²) < 4.78 is 0. The molecule has 1 aromatic heterocycles. The summed E-state index contributed by atoms with van der Waals surface area (Å²) in [5.74, 6) is 0.857. The van der Waals surface area contributed by atoms with E-state index >= 15 is 0 Å². The average Bonchev–Trinajstić information content (AvgIpc) is 2.69. The maximum absolute atomic E-state index is 9.16. The van der Waals surface area contributed by atoms with Crippen LogP contribution in [0.4, 0.5) is 5.82 Å². The lowest BCUT2D eigenvalue weighted by molar-refractivity contribution is 0.0894. The summed E-state index contributed by atoms with van der Waals surface area (Å²) in [6.45, 7) is 4.78. The second kappa shape index (κ2) is 7.56. The van der Waals surface area contributed by atoms with Crippen molar-refractivity contribution >= 4 is 16.7 Å². The van der Waals surface area contributed by atoms with Gasteiger partial charge in [-0.25, -0.2) is 9.97 Å². The Balaban J connectivity index is 1.40. The van der Waals surface area contributed by atoms with Gasteiger partial charge in [0, 0.05) is 43.6 Å². The Labute approximate surface area is 154 Å². The minimum Gasteiger partial charge on any atom is -0.367 e. The van der Waals surface area contributed by atoms with Crippen molar-refractivity contribution in [1.82, 2.24) is 19.8 Å². The highest BCUT2D eigenvalue weighted by atomic mass is 15.3. The van der Waals surface area contributed by atoms with E-state index in [9.17, 15) is 0 Å². The van der Waals surface area contributed by atoms with Gasteiger partial charge in [-0.1, -0.05) is 0 Å². The van der Waals surface area contributed by atoms with Gasteiger partial charge >= 0.3 is 0 Å². The fourth-order valence-corrected chi connectivity index (χ4v) is 4.21. The van der Waals surface area contributed by atoms with Gasteiger partial charge in [0.1, 0.15) is 12.1 Å². The molecule has 1 aromatic carbocycles. The summed E-state index contributed by atoms with van der Waals surface area (Å²) >= 11 is 0. The molecule has 2 aliphatic rings. The first-order chi connectivity index (χ1) is 12.7. The number of aromatic nitrogens is 2. The highest BCUT2D eigenvalue weighted by molar-refractivity contribution is 5.89.